The van der Waals surface area contributed by atoms with E-state index in [2.05, 4.69) is 47.2 Å². The molecular weight excluding hydrogens is 314 g/mol. The number of halogens is 1. The number of aliphatic hydroxyl groups is 1. The third-order valence-electron chi connectivity index (χ3n) is 3.35. The van der Waals surface area contributed by atoms with Crippen LogP contribution < -0.4 is 5.32 Å². The molecule has 0 aliphatic heterocycles. The summed E-state index contributed by atoms with van der Waals surface area (Å²) in [5, 5.41) is 13.5. The SMILES string of the molecule is CC(C)c1ccc(C(O)CNc2ccccc2Br)cc1. The molecule has 0 aliphatic carbocycles. The lowest BCUT2D eigenvalue weighted by Crippen LogP contribution is -2.12. The Hall–Kier alpha value is -1.32. The van der Waals surface area contributed by atoms with Gasteiger partial charge >= 0.3 is 0 Å². The van der Waals surface area contributed by atoms with Gasteiger partial charge in [0.15, 0.2) is 0 Å². The monoisotopic (exact) mass is 333 g/mol. The van der Waals surface area contributed by atoms with E-state index in [0.717, 1.165) is 15.7 Å². The zero-order chi connectivity index (χ0) is 14.5. The van der Waals surface area contributed by atoms with Crippen molar-refractivity contribution in [2.75, 3.05) is 11.9 Å². The molecule has 0 bridgehead atoms. The summed E-state index contributed by atoms with van der Waals surface area (Å²) in [6.45, 7) is 4.82. The molecule has 0 fully saturated rings. The lowest BCUT2D eigenvalue weighted by molar-refractivity contribution is 0.191. The molecule has 1 unspecified atom stereocenters. The molecule has 106 valence electrons. The molecule has 2 N–H and O–H groups in total. The van der Waals surface area contributed by atoms with E-state index in [0.29, 0.717) is 12.5 Å². The fourth-order valence-corrected chi connectivity index (χ4v) is 2.46. The lowest BCUT2D eigenvalue weighted by Gasteiger charge is -2.15. The quantitative estimate of drug-likeness (QED) is 0.829. The Morgan fingerprint density at radius 1 is 1.00 bits per heavy atom. The number of nitrogens with one attached hydrogen (secondary N) is 1. The molecule has 20 heavy (non-hydrogen) atoms. The van der Waals surface area contributed by atoms with E-state index in [9.17, 15) is 5.11 Å². The number of hydrogen-bond acceptors (Lipinski definition) is 2. The maximum Gasteiger partial charge on any atom is 0.0962 e. The van der Waals surface area contributed by atoms with Crippen molar-refractivity contribution >= 4 is 21.6 Å². The van der Waals surface area contributed by atoms with Gasteiger partial charge in [0.25, 0.3) is 0 Å². The second-order valence-corrected chi connectivity index (χ2v) is 6.05. The van der Waals surface area contributed by atoms with Crippen LogP contribution in [0.3, 0.4) is 0 Å². The Morgan fingerprint density at radius 2 is 1.60 bits per heavy atom. The Bertz CT molecular complexity index is 551. The lowest BCUT2D eigenvalue weighted by atomic mass is 10.00. The number of aliphatic hydroxyl groups excluding tert-OH is 1. The minimum absolute atomic E-state index is 0.490. The smallest absolute Gasteiger partial charge is 0.0962 e. The molecule has 2 aromatic rings. The summed E-state index contributed by atoms with van der Waals surface area (Å²) in [5.41, 5.74) is 3.22. The van der Waals surface area contributed by atoms with Crippen LogP contribution in [0.4, 0.5) is 5.69 Å². The summed E-state index contributed by atoms with van der Waals surface area (Å²) in [6, 6.07) is 16.1. The zero-order valence-electron chi connectivity index (χ0n) is 11.8. The van der Waals surface area contributed by atoms with E-state index in [1.165, 1.54) is 5.56 Å². The molecule has 1 atom stereocenters. The van der Waals surface area contributed by atoms with E-state index in [4.69, 9.17) is 0 Å². The van der Waals surface area contributed by atoms with Crippen LogP contribution in [-0.4, -0.2) is 11.7 Å². The normalized spacial score (nSPS) is 12.4. The van der Waals surface area contributed by atoms with Crippen LogP contribution in [0, 0.1) is 0 Å². The van der Waals surface area contributed by atoms with Crippen molar-refractivity contribution in [3.05, 3.63) is 64.1 Å². The minimum atomic E-state index is -0.511. The molecule has 0 radical (unpaired) electrons. The number of benzene rings is 2. The van der Waals surface area contributed by atoms with Crippen molar-refractivity contribution in [1.29, 1.82) is 0 Å². The first-order valence-corrected chi connectivity index (χ1v) is 7.63. The van der Waals surface area contributed by atoms with Crippen LogP contribution in [0.2, 0.25) is 0 Å². The standard InChI is InChI=1S/C17H20BrNO/c1-12(2)13-7-9-14(10-8-13)17(20)11-19-16-6-4-3-5-15(16)18/h3-10,12,17,19-20H,11H2,1-2H3. The Morgan fingerprint density at radius 3 is 2.20 bits per heavy atom. The van der Waals surface area contributed by atoms with Gasteiger partial charge < -0.3 is 10.4 Å². The minimum Gasteiger partial charge on any atom is -0.387 e. The fourth-order valence-electron chi connectivity index (χ4n) is 2.03. The van der Waals surface area contributed by atoms with E-state index in [-0.39, 0.29) is 0 Å². The van der Waals surface area contributed by atoms with E-state index in [1.807, 2.05) is 36.4 Å². The van der Waals surface area contributed by atoms with Gasteiger partial charge in [0, 0.05) is 16.7 Å². The Balaban J connectivity index is 1.98. The summed E-state index contributed by atoms with van der Waals surface area (Å²) in [7, 11) is 0. The predicted molar refractivity (Wildman–Crippen MR) is 88.1 cm³/mol. The van der Waals surface area contributed by atoms with E-state index >= 15 is 0 Å². The zero-order valence-corrected chi connectivity index (χ0v) is 13.4. The van der Waals surface area contributed by atoms with Crippen LogP contribution in [-0.2, 0) is 0 Å². The average molecular weight is 334 g/mol. The fraction of sp³-hybridized carbons (Fsp3) is 0.294. The molecule has 0 aromatic heterocycles. The number of para-hydroxylation sites is 1. The predicted octanol–water partition coefficient (Wildman–Crippen LogP) is 4.72. The topological polar surface area (TPSA) is 32.3 Å². The van der Waals surface area contributed by atoms with Gasteiger partial charge in [-0.25, -0.2) is 0 Å². The summed E-state index contributed by atoms with van der Waals surface area (Å²) in [5.74, 6) is 0.514. The first-order chi connectivity index (χ1) is 9.58. The van der Waals surface area contributed by atoms with Crippen molar-refractivity contribution in [3.8, 4) is 0 Å². The van der Waals surface area contributed by atoms with Crippen LogP contribution in [0.5, 0.6) is 0 Å². The largest absolute Gasteiger partial charge is 0.387 e. The van der Waals surface area contributed by atoms with Crippen molar-refractivity contribution in [2.45, 2.75) is 25.9 Å². The third kappa shape index (κ3) is 3.84. The van der Waals surface area contributed by atoms with Gasteiger partial charge in [-0.3, -0.25) is 0 Å². The van der Waals surface area contributed by atoms with Crippen LogP contribution in [0.1, 0.15) is 37.0 Å². The highest BCUT2D eigenvalue weighted by atomic mass is 79.9. The van der Waals surface area contributed by atoms with E-state index < -0.39 is 6.10 Å². The molecule has 0 amide bonds. The highest BCUT2D eigenvalue weighted by molar-refractivity contribution is 9.10. The van der Waals surface area contributed by atoms with Gasteiger partial charge in [-0.05, 0) is 45.1 Å². The molecule has 3 heteroatoms. The molecule has 0 saturated heterocycles. The van der Waals surface area contributed by atoms with Gasteiger partial charge in [-0.2, -0.15) is 0 Å². The first-order valence-electron chi connectivity index (χ1n) is 6.84. The Labute approximate surface area is 129 Å². The summed E-state index contributed by atoms with van der Waals surface area (Å²) in [4.78, 5) is 0. The van der Waals surface area contributed by atoms with Gasteiger partial charge in [0.05, 0.1) is 6.10 Å². The summed E-state index contributed by atoms with van der Waals surface area (Å²) >= 11 is 3.48. The van der Waals surface area contributed by atoms with Gasteiger partial charge in [0.2, 0.25) is 0 Å². The first kappa shape index (κ1) is 15.1. The molecule has 0 saturated carbocycles. The molecule has 0 spiro atoms. The summed E-state index contributed by atoms with van der Waals surface area (Å²) in [6.07, 6.45) is -0.511. The van der Waals surface area contributed by atoms with Crippen molar-refractivity contribution in [1.82, 2.24) is 0 Å². The second kappa shape index (κ2) is 6.91. The number of anilines is 1. The van der Waals surface area contributed by atoms with Crippen molar-refractivity contribution in [3.63, 3.8) is 0 Å². The van der Waals surface area contributed by atoms with Crippen LogP contribution >= 0.6 is 15.9 Å². The summed E-state index contributed by atoms with van der Waals surface area (Å²) < 4.78 is 1.00. The maximum atomic E-state index is 10.2. The van der Waals surface area contributed by atoms with Gasteiger partial charge in [-0.15, -0.1) is 0 Å². The molecule has 2 rings (SSSR count). The van der Waals surface area contributed by atoms with E-state index in [1.54, 1.807) is 0 Å². The highest BCUT2D eigenvalue weighted by Crippen LogP contribution is 2.23. The number of hydrogen-bond donors (Lipinski definition) is 2. The van der Waals surface area contributed by atoms with Gasteiger partial charge in [-0.1, -0.05) is 50.2 Å². The second-order valence-electron chi connectivity index (χ2n) is 5.20. The highest BCUT2D eigenvalue weighted by Gasteiger charge is 2.08. The maximum absolute atomic E-state index is 10.2. The Kier molecular flexibility index (Phi) is 5.21. The molecular formula is C17H20BrNO. The molecule has 0 heterocycles. The van der Waals surface area contributed by atoms with Crippen molar-refractivity contribution < 1.29 is 5.11 Å². The molecule has 2 aromatic carbocycles. The van der Waals surface area contributed by atoms with Crippen LogP contribution in [0.25, 0.3) is 0 Å². The molecule has 0 aliphatic rings. The number of rotatable bonds is 5. The average Bonchev–Trinajstić information content (AvgIpc) is 2.46. The van der Waals surface area contributed by atoms with Crippen molar-refractivity contribution in [2.24, 2.45) is 0 Å². The molecule has 2 nitrogen and oxygen atoms in total. The van der Waals surface area contributed by atoms with Crippen LogP contribution in [0.15, 0.2) is 53.0 Å². The third-order valence-corrected chi connectivity index (χ3v) is 4.04. The van der Waals surface area contributed by atoms with Gasteiger partial charge in [0.1, 0.15) is 0 Å².